The van der Waals surface area contributed by atoms with Gasteiger partial charge in [-0.1, -0.05) is 54.8 Å². The van der Waals surface area contributed by atoms with E-state index in [2.05, 4.69) is 14.3 Å². The fourth-order valence-electron chi connectivity index (χ4n) is 9.63. The number of aryl methyl sites for hydroxylation is 1. The number of imidazole rings is 1. The van der Waals surface area contributed by atoms with Gasteiger partial charge in [0, 0.05) is 17.7 Å². The van der Waals surface area contributed by atoms with Gasteiger partial charge in [0.15, 0.2) is 0 Å². The highest BCUT2D eigenvalue weighted by Crippen LogP contribution is 2.65. The number of fused-ring (bicyclic) bond motifs is 3. The molecule has 2 aromatic carbocycles. The third-order valence-electron chi connectivity index (χ3n) is 11.3. The van der Waals surface area contributed by atoms with Gasteiger partial charge in [0.25, 0.3) is 0 Å². The molecule has 4 unspecified atom stereocenters. The molecule has 43 heavy (non-hydrogen) atoms. The van der Waals surface area contributed by atoms with Crippen molar-refractivity contribution < 1.29 is 17.9 Å². The monoisotopic (exact) mass is 605 g/mol. The molecule has 1 aliphatic heterocycles. The van der Waals surface area contributed by atoms with Crippen LogP contribution in [0, 0.1) is 41.8 Å². The van der Waals surface area contributed by atoms with Crippen molar-refractivity contribution in [2.24, 2.45) is 29.1 Å². The molecule has 2 heterocycles. The van der Waals surface area contributed by atoms with E-state index in [1.165, 1.54) is 25.3 Å². The maximum Gasteiger partial charge on any atom is 0.215 e. The number of nitrogens with one attached hydrogen (secondary N) is 1. The molecule has 0 saturated heterocycles. The Hall–Kier alpha value is -2.55. The van der Waals surface area contributed by atoms with Crippen LogP contribution >= 0.6 is 0 Å². The number of rotatable bonds is 12. The molecule has 6 nitrogen and oxygen atoms in total. The Morgan fingerprint density at radius 1 is 1.07 bits per heavy atom. The summed E-state index contributed by atoms with van der Waals surface area (Å²) in [6.07, 6.45) is 13.7. The maximum absolute atomic E-state index is 15.1. The summed E-state index contributed by atoms with van der Waals surface area (Å²) < 4.78 is 44.9. The van der Waals surface area contributed by atoms with Crippen molar-refractivity contribution in [2.45, 2.75) is 89.0 Å². The maximum atomic E-state index is 15.1. The number of hydrogen-bond donors (Lipinski definition) is 2. The van der Waals surface area contributed by atoms with Crippen molar-refractivity contribution in [3.63, 3.8) is 0 Å². The lowest BCUT2D eigenvalue weighted by Gasteiger charge is -2.62. The van der Waals surface area contributed by atoms with Crippen LogP contribution in [0.25, 0.3) is 11.3 Å². The Kier molecular flexibility index (Phi) is 7.75. The molecule has 4 aliphatic carbocycles. The van der Waals surface area contributed by atoms with E-state index >= 15 is 4.39 Å². The summed E-state index contributed by atoms with van der Waals surface area (Å²) in [7, 11) is -3.32. The summed E-state index contributed by atoms with van der Waals surface area (Å²) in [4.78, 5) is 4.34. The predicted octanol–water partition coefficient (Wildman–Crippen LogP) is 6.77. The van der Waals surface area contributed by atoms with E-state index in [4.69, 9.17) is 0 Å². The first kappa shape index (κ1) is 29.2. The molecule has 3 aromatic rings. The second kappa shape index (κ2) is 11.4. The number of unbranched alkanes of at least 4 members (excludes halogenated alkanes) is 2. The van der Waals surface area contributed by atoms with Crippen molar-refractivity contribution in [1.82, 2.24) is 14.3 Å². The standard InChI is InChI=1S/C35H44FN3O3S/c1-23-9-11-24(12-10-23)21-43(41,42)38-13-4-2-3-6-28-26-14-25-15-27(28)19-35(17-25,18-26)33(40)16-31-34-29(7-5-8-30(34)36)32-20-37-22-39(31)32/h5,7-12,20,22,25-28,31,33,38,40H,2-4,6,13-19,21H2,1H3. The van der Waals surface area contributed by atoms with Gasteiger partial charge in [-0.3, -0.25) is 0 Å². The molecule has 0 radical (unpaired) electrons. The minimum Gasteiger partial charge on any atom is -0.392 e. The van der Waals surface area contributed by atoms with Crippen LogP contribution in [-0.4, -0.2) is 35.7 Å². The first-order valence-electron chi connectivity index (χ1n) is 16.2. The van der Waals surface area contributed by atoms with Crippen LogP contribution in [0.5, 0.6) is 0 Å². The smallest absolute Gasteiger partial charge is 0.215 e. The second-order valence-corrected chi connectivity index (χ2v) is 15.9. The summed E-state index contributed by atoms with van der Waals surface area (Å²) in [6, 6.07) is 12.7. The van der Waals surface area contributed by atoms with E-state index < -0.39 is 16.1 Å². The van der Waals surface area contributed by atoms with Gasteiger partial charge >= 0.3 is 0 Å². The number of nitrogens with zero attached hydrogens (tertiary/aromatic N) is 2. The minimum absolute atomic E-state index is 0.0269. The highest BCUT2D eigenvalue weighted by Gasteiger charge is 2.57. The number of sulfonamides is 1. The largest absolute Gasteiger partial charge is 0.392 e. The molecule has 5 aliphatic rings. The molecule has 4 bridgehead atoms. The molecule has 8 rings (SSSR count). The van der Waals surface area contributed by atoms with Crippen LogP contribution in [0.1, 0.15) is 86.9 Å². The molecule has 230 valence electrons. The lowest BCUT2D eigenvalue weighted by molar-refractivity contribution is -0.152. The van der Waals surface area contributed by atoms with Crippen molar-refractivity contribution in [3.05, 3.63) is 77.5 Å². The van der Waals surface area contributed by atoms with E-state index in [1.54, 1.807) is 18.6 Å². The SMILES string of the molecule is Cc1ccc(CS(=O)(=O)NCCCCCC2C3CC4CC2CC(C(O)CC2c5c(F)cccc5-c5cncn52)(C4)C3)cc1. The summed E-state index contributed by atoms with van der Waals surface area (Å²) in [5.41, 5.74) is 4.43. The van der Waals surface area contributed by atoms with Crippen molar-refractivity contribution in [1.29, 1.82) is 0 Å². The van der Waals surface area contributed by atoms with E-state index in [0.717, 1.165) is 60.9 Å². The van der Waals surface area contributed by atoms with Gasteiger partial charge in [-0.2, -0.15) is 0 Å². The number of aliphatic hydroxyl groups excluding tert-OH is 1. The lowest BCUT2D eigenvalue weighted by Crippen LogP contribution is -2.55. The van der Waals surface area contributed by atoms with E-state index in [0.29, 0.717) is 42.2 Å². The summed E-state index contributed by atoms with van der Waals surface area (Å²) in [5, 5.41) is 11.9. The molecule has 0 amide bonds. The predicted molar refractivity (Wildman–Crippen MR) is 166 cm³/mol. The molecular weight excluding hydrogens is 561 g/mol. The van der Waals surface area contributed by atoms with Crippen LogP contribution in [0.3, 0.4) is 0 Å². The molecule has 1 aromatic heterocycles. The van der Waals surface area contributed by atoms with Crippen LogP contribution in [0.4, 0.5) is 4.39 Å². The van der Waals surface area contributed by atoms with Gasteiger partial charge < -0.3 is 9.67 Å². The summed E-state index contributed by atoms with van der Waals surface area (Å²) >= 11 is 0. The van der Waals surface area contributed by atoms with Crippen LogP contribution in [0.15, 0.2) is 55.0 Å². The molecule has 8 heteroatoms. The Labute approximate surface area is 255 Å². The molecular formula is C35H44FN3O3S. The molecule has 4 saturated carbocycles. The normalized spacial score (nSPS) is 29.5. The molecule has 0 spiro atoms. The van der Waals surface area contributed by atoms with E-state index in [-0.39, 0.29) is 23.0 Å². The highest BCUT2D eigenvalue weighted by molar-refractivity contribution is 7.88. The van der Waals surface area contributed by atoms with Gasteiger partial charge in [-0.25, -0.2) is 22.5 Å². The second-order valence-electron chi connectivity index (χ2n) is 14.1. The summed E-state index contributed by atoms with van der Waals surface area (Å²) in [5.74, 6) is 2.56. The van der Waals surface area contributed by atoms with Crippen molar-refractivity contribution in [2.75, 3.05) is 6.54 Å². The Bertz CT molecular complexity index is 1550. The zero-order valence-corrected chi connectivity index (χ0v) is 25.9. The highest BCUT2D eigenvalue weighted by atomic mass is 32.2. The van der Waals surface area contributed by atoms with Gasteiger partial charge in [-0.15, -0.1) is 0 Å². The zero-order valence-electron chi connectivity index (χ0n) is 25.1. The fraction of sp³-hybridized carbons (Fsp3) is 0.571. The molecule has 2 N–H and O–H groups in total. The Morgan fingerprint density at radius 3 is 2.60 bits per heavy atom. The summed E-state index contributed by atoms with van der Waals surface area (Å²) in [6.45, 7) is 2.49. The van der Waals surface area contributed by atoms with Gasteiger partial charge in [0.05, 0.1) is 36.1 Å². The first-order chi connectivity index (χ1) is 20.7. The number of benzene rings is 2. The quantitative estimate of drug-likeness (QED) is 0.223. The Balaban J connectivity index is 0.918. The van der Waals surface area contributed by atoms with Gasteiger partial charge in [-0.05, 0) is 99.0 Å². The van der Waals surface area contributed by atoms with Gasteiger partial charge in [0.1, 0.15) is 5.82 Å². The number of aliphatic hydroxyl groups is 1. The van der Waals surface area contributed by atoms with Crippen molar-refractivity contribution >= 4 is 10.0 Å². The molecule has 4 atom stereocenters. The topological polar surface area (TPSA) is 84.2 Å². The average molecular weight is 606 g/mol. The van der Waals surface area contributed by atoms with Gasteiger partial charge in [0.2, 0.25) is 10.0 Å². The average Bonchev–Trinajstić information content (AvgIpc) is 3.56. The van der Waals surface area contributed by atoms with Crippen LogP contribution in [0.2, 0.25) is 0 Å². The number of halogens is 1. The van der Waals surface area contributed by atoms with Crippen LogP contribution in [-0.2, 0) is 15.8 Å². The van der Waals surface area contributed by atoms with E-state index in [9.17, 15) is 13.5 Å². The van der Waals surface area contributed by atoms with Crippen LogP contribution < -0.4 is 4.72 Å². The Morgan fingerprint density at radius 2 is 1.84 bits per heavy atom. The first-order valence-corrected chi connectivity index (χ1v) is 17.9. The number of hydrogen-bond acceptors (Lipinski definition) is 4. The lowest BCUT2D eigenvalue weighted by atomic mass is 9.44. The zero-order chi connectivity index (χ0) is 29.8. The minimum atomic E-state index is -3.32. The number of aromatic nitrogens is 2. The third-order valence-corrected chi connectivity index (χ3v) is 12.7. The molecule has 4 fully saturated rings. The van der Waals surface area contributed by atoms with E-state index in [1.807, 2.05) is 37.3 Å². The third kappa shape index (κ3) is 5.59. The van der Waals surface area contributed by atoms with Crippen molar-refractivity contribution in [3.8, 4) is 11.3 Å². The fourth-order valence-corrected chi connectivity index (χ4v) is 10.8.